The Morgan fingerprint density at radius 1 is 1.24 bits per heavy atom. The highest BCUT2D eigenvalue weighted by Gasteiger charge is 2.10. The summed E-state index contributed by atoms with van der Waals surface area (Å²) in [6, 6.07) is 5.57. The van der Waals surface area contributed by atoms with Crippen LogP contribution in [0.25, 0.3) is 0 Å². The molecule has 0 spiro atoms. The van der Waals surface area contributed by atoms with Crippen LogP contribution in [0.15, 0.2) is 27.7 Å². The largest absolute Gasteiger partial charge is 0.493 e. The fourth-order valence-electron chi connectivity index (χ4n) is 2.12. The molecule has 2 N–H and O–H groups in total. The quantitative estimate of drug-likeness (QED) is 0.587. The first-order chi connectivity index (χ1) is 12.1. The maximum atomic E-state index is 5.30. The lowest BCUT2D eigenvalue weighted by Crippen LogP contribution is -2.32. The molecule has 0 atom stereocenters. The first kappa shape index (κ1) is 18.6. The molecule has 0 saturated carbocycles. The number of anilines is 1. The molecular weight excluding hydrogens is 322 g/mol. The van der Waals surface area contributed by atoms with E-state index in [1.807, 2.05) is 32.0 Å². The minimum Gasteiger partial charge on any atom is -0.493 e. The number of methoxy groups -OCH3 is 2. The second-order valence-electron chi connectivity index (χ2n) is 5.64. The molecule has 2 rings (SSSR count). The SMILES string of the molecule is CN=C(NCCc1nc(C(C)C)no1)Nc1ccc(OC)c(OC)c1. The van der Waals surface area contributed by atoms with Gasteiger partial charge >= 0.3 is 0 Å². The molecule has 0 fully saturated rings. The van der Waals surface area contributed by atoms with Gasteiger partial charge in [0, 0.05) is 37.7 Å². The zero-order chi connectivity index (χ0) is 18.2. The molecule has 0 radical (unpaired) electrons. The molecule has 1 heterocycles. The number of benzene rings is 1. The second kappa shape index (κ2) is 8.91. The minimum absolute atomic E-state index is 0.255. The van der Waals surface area contributed by atoms with E-state index in [0.717, 1.165) is 11.5 Å². The fourth-order valence-corrected chi connectivity index (χ4v) is 2.12. The van der Waals surface area contributed by atoms with Gasteiger partial charge < -0.3 is 24.6 Å². The van der Waals surface area contributed by atoms with Crippen molar-refractivity contribution >= 4 is 11.6 Å². The van der Waals surface area contributed by atoms with E-state index >= 15 is 0 Å². The van der Waals surface area contributed by atoms with Crippen molar-refractivity contribution < 1.29 is 14.0 Å². The normalized spacial score (nSPS) is 11.5. The molecule has 0 saturated heterocycles. The Morgan fingerprint density at radius 3 is 2.60 bits per heavy atom. The summed E-state index contributed by atoms with van der Waals surface area (Å²) in [5.74, 6) is 3.55. The van der Waals surface area contributed by atoms with Gasteiger partial charge in [-0.2, -0.15) is 4.98 Å². The number of nitrogens with zero attached hydrogens (tertiary/aromatic N) is 3. The van der Waals surface area contributed by atoms with Crippen molar-refractivity contribution in [2.75, 3.05) is 33.1 Å². The molecule has 0 aliphatic heterocycles. The first-order valence-corrected chi connectivity index (χ1v) is 8.09. The highest BCUT2D eigenvalue weighted by molar-refractivity contribution is 5.93. The molecular formula is C17H25N5O3. The number of nitrogens with one attached hydrogen (secondary N) is 2. The molecule has 2 aromatic rings. The third kappa shape index (κ3) is 5.10. The van der Waals surface area contributed by atoms with Crippen molar-refractivity contribution in [2.24, 2.45) is 4.99 Å². The zero-order valence-corrected chi connectivity index (χ0v) is 15.3. The van der Waals surface area contributed by atoms with Gasteiger partial charge in [0.25, 0.3) is 0 Å². The minimum atomic E-state index is 0.255. The lowest BCUT2D eigenvalue weighted by molar-refractivity contribution is 0.355. The van der Waals surface area contributed by atoms with Crippen molar-refractivity contribution in [3.05, 3.63) is 29.9 Å². The predicted molar refractivity (Wildman–Crippen MR) is 96.6 cm³/mol. The Hall–Kier alpha value is -2.77. The van der Waals surface area contributed by atoms with Crippen LogP contribution < -0.4 is 20.1 Å². The van der Waals surface area contributed by atoms with E-state index in [1.165, 1.54) is 0 Å². The molecule has 0 aliphatic rings. The number of ether oxygens (including phenoxy) is 2. The summed E-state index contributed by atoms with van der Waals surface area (Å²) in [6.07, 6.45) is 0.617. The Labute approximate surface area is 147 Å². The van der Waals surface area contributed by atoms with Crippen LogP contribution in [-0.2, 0) is 6.42 Å². The lowest BCUT2D eigenvalue weighted by Gasteiger charge is -2.13. The summed E-state index contributed by atoms with van der Waals surface area (Å²) in [5, 5.41) is 10.4. The van der Waals surface area contributed by atoms with Gasteiger partial charge in [0.2, 0.25) is 5.89 Å². The van der Waals surface area contributed by atoms with E-state index in [2.05, 4.69) is 25.8 Å². The van der Waals surface area contributed by atoms with Crippen LogP contribution in [0.4, 0.5) is 5.69 Å². The molecule has 8 nitrogen and oxygen atoms in total. The van der Waals surface area contributed by atoms with E-state index in [-0.39, 0.29) is 5.92 Å². The van der Waals surface area contributed by atoms with Crippen molar-refractivity contribution in [1.29, 1.82) is 0 Å². The summed E-state index contributed by atoms with van der Waals surface area (Å²) in [7, 11) is 4.91. The lowest BCUT2D eigenvalue weighted by atomic mass is 10.2. The summed E-state index contributed by atoms with van der Waals surface area (Å²) in [4.78, 5) is 8.55. The number of hydrogen-bond acceptors (Lipinski definition) is 6. The summed E-state index contributed by atoms with van der Waals surface area (Å²) in [6.45, 7) is 4.68. The van der Waals surface area contributed by atoms with E-state index in [1.54, 1.807) is 21.3 Å². The van der Waals surface area contributed by atoms with E-state index in [4.69, 9.17) is 14.0 Å². The van der Waals surface area contributed by atoms with Crippen LogP contribution in [0, 0.1) is 0 Å². The molecule has 0 amide bonds. The van der Waals surface area contributed by atoms with Crippen molar-refractivity contribution in [2.45, 2.75) is 26.2 Å². The van der Waals surface area contributed by atoms with Crippen molar-refractivity contribution in [3.8, 4) is 11.5 Å². The Morgan fingerprint density at radius 2 is 2.00 bits per heavy atom. The number of rotatable bonds is 7. The Bertz CT molecular complexity index is 712. The van der Waals surface area contributed by atoms with Crippen LogP contribution in [0.1, 0.15) is 31.5 Å². The van der Waals surface area contributed by atoms with Gasteiger partial charge in [0.15, 0.2) is 23.3 Å². The number of aliphatic imine (C=N–C) groups is 1. The fraction of sp³-hybridized carbons (Fsp3) is 0.471. The average Bonchev–Trinajstić information content (AvgIpc) is 3.09. The van der Waals surface area contributed by atoms with Gasteiger partial charge in [-0.15, -0.1) is 0 Å². The summed E-state index contributed by atoms with van der Waals surface area (Å²) >= 11 is 0. The predicted octanol–water partition coefficient (Wildman–Crippen LogP) is 2.44. The highest BCUT2D eigenvalue weighted by Crippen LogP contribution is 2.29. The Balaban J connectivity index is 1.90. The van der Waals surface area contributed by atoms with Crippen LogP contribution in [0.5, 0.6) is 11.5 Å². The standard InChI is InChI=1S/C17H25N5O3/c1-11(2)16-21-15(25-22-16)8-9-19-17(18-3)20-12-6-7-13(23-4)14(10-12)24-5/h6-7,10-11H,8-9H2,1-5H3,(H2,18,19,20). The van der Waals surface area contributed by atoms with Gasteiger partial charge in [0.05, 0.1) is 14.2 Å². The van der Waals surface area contributed by atoms with Crippen molar-refractivity contribution in [1.82, 2.24) is 15.5 Å². The van der Waals surface area contributed by atoms with Gasteiger partial charge in [-0.3, -0.25) is 4.99 Å². The van der Waals surface area contributed by atoms with E-state index < -0.39 is 0 Å². The maximum absolute atomic E-state index is 5.30. The van der Waals surface area contributed by atoms with Crippen molar-refractivity contribution in [3.63, 3.8) is 0 Å². The monoisotopic (exact) mass is 347 g/mol. The number of guanidine groups is 1. The van der Waals surface area contributed by atoms with Gasteiger partial charge in [-0.25, -0.2) is 0 Å². The van der Waals surface area contributed by atoms with Gasteiger partial charge in [-0.1, -0.05) is 19.0 Å². The molecule has 1 aromatic heterocycles. The molecule has 136 valence electrons. The molecule has 8 heteroatoms. The summed E-state index contributed by atoms with van der Waals surface area (Å²) in [5.41, 5.74) is 0.839. The smallest absolute Gasteiger partial charge is 0.228 e. The molecule has 0 aliphatic carbocycles. The zero-order valence-electron chi connectivity index (χ0n) is 15.3. The topological polar surface area (TPSA) is 93.8 Å². The average molecular weight is 347 g/mol. The maximum Gasteiger partial charge on any atom is 0.228 e. The van der Waals surface area contributed by atoms with Crippen LogP contribution in [0.3, 0.4) is 0 Å². The van der Waals surface area contributed by atoms with Crippen LogP contribution >= 0.6 is 0 Å². The Kier molecular flexibility index (Phi) is 6.62. The number of aromatic nitrogens is 2. The van der Waals surface area contributed by atoms with Gasteiger partial charge in [0.1, 0.15) is 0 Å². The second-order valence-corrected chi connectivity index (χ2v) is 5.64. The first-order valence-electron chi connectivity index (χ1n) is 8.09. The molecule has 0 bridgehead atoms. The number of hydrogen-bond donors (Lipinski definition) is 2. The third-order valence-electron chi connectivity index (χ3n) is 3.50. The van der Waals surface area contributed by atoms with E-state index in [0.29, 0.717) is 36.3 Å². The molecule has 0 unspecified atom stereocenters. The molecule has 25 heavy (non-hydrogen) atoms. The summed E-state index contributed by atoms with van der Waals surface area (Å²) < 4.78 is 15.8. The van der Waals surface area contributed by atoms with Crippen LogP contribution in [-0.4, -0.2) is 43.9 Å². The van der Waals surface area contributed by atoms with E-state index in [9.17, 15) is 0 Å². The van der Waals surface area contributed by atoms with Crippen LogP contribution in [0.2, 0.25) is 0 Å². The molecule has 1 aromatic carbocycles. The third-order valence-corrected chi connectivity index (χ3v) is 3.50. The highest BCUT2D eigenvalue weighted by atomic mass is 16.5. The van der Waals surface area contributed by atoms with Gasteiger partial charge in [-0.05, 0) is 12.1 Å².